The van der Waals surface area contributed by atoms with Crippen LogP contribution in [0.15, 0.2) is 66.7 Å². The minimum atomic E-state index is 0.0949. The Morgan fingerprint density at radius 2 is 1.88 bits per heavy atom. The standard InChI is InChI=1S/C22H16ClNOS/c1-14-5-4-6-16(11-14)20(25)13-15-9-10-17(18(23)12-15)22-24-19-7-2-3-8-21(19)26-22/h2-12H,13H2,1H3. The minimum absolute atomic E-state index is 0.0949. The quantitative estimate of drug-likeness (QED) is 0.388. The molecule has 0 bridgehead atoms. The Balaban J connectivity index is 1.60. The maximum atomic E-state index is 12.5. The molecule has 0 unspecified atom stereocenters. The fraction of sp³-hybridized carbons (Fsp3) is 0.0909. The molecule has 3 aromatic carbocycles. The molecule has 0 aliphatic carbocycles. The van der Waals surface area contributed by atoms with E-state index in [4.69, 9.17) is 11.6 Å². The van der Waals surface area contributed by atoms with E-state index in [2.05, 4.69) is 11.1 Å². The third kappa shape index (κ3) is 3.41. The third-order valence-corrected chi connectivity index (χ3v) is 5.64. The van der Waals surface area contributed by atoms with Crippen LogP contribution in [0.4, 0.5) is 0 Å². The Morgan fingerprint density at radius 1 is 1.04 bits per heavy atom. The van der Waals surface area contributed by atoms with E-state index in [-0.39, 0.29) is 5.78 Å². The van der Waals surface area contributed by atoms with Gasteiger partial charge in [-0.05, 0) is 36.8 Å². The summed E-state index contributed by atoms with van der Waals surface area (Å²) in [5, 5.41) is 1.52. The summed E-state index contributed by atoms with van der Waals surface area (Å²) in [7, 11) is 0. The molecule has 26 heavy (non-hydrogen) atoms. The number of carbonyl (C=O) groups is 1. The number of thiazole rings is 1. The summed E-state index contributed by atoms with van der Waals surface area (Å²) in [5.41, 5.74) is 4.60. The van der Waals surface area contributed by atoms with E-state index < -0.39 is 0 Å². The summed E-state index contributed by atoms with van der Waals surface area (Å²) >= 11 is 8.12. The average molecular weight is 378 g/mol. The molecule has 0 saturated heterocycles. The van der Waals surface area contributed by atoms with Crippen LogP contribution in [0.2, 0.25) is 5.02 Å². The van der Waals surface area contributed by atoms with E-state index in [1.165, 1.54) is 0 Å². The number of carbonyl (C=O) groups excluding carboxylic acids is 1. The van der Waals surface area contributed by atoms with Gasteiger partial charge in [-0.1, -0.05) is 59.6 Å². The molecule has 1 aromatic heterocycles. The SMILES string of the molecule is Cc1cccc(C(=O)Cc2ccc(-c3nc4ccccc4s3)c(Cl)c2)c1. The van der Waals surface area contributed by atoms with Crippen molar-refractivity contribution in [2.75, 3.05) is 0 Å². The van der Waals surface area contributed by atoms with Gasteiger partial charge in [0.1, 0.15) is 5.01 Å². The molecular weight excluding hydrogens is 362 g/mol. The Bertz CT molecular complexity index is 1080. The van der Waals surface area contributed by atoms with Crippen LogP contribution in [-0.2, 0) is 6.42 Å². The van der Waals surface area contributed by atoms with Gasteiger partial charge < -0.3 is 0 Å². The number of Topliss-reactive ketones (excluding diaryl/α,β-unsaturated/α-hetero) is 1. The van der Waals surface area contributed by atoms with Crippen molar-refractivity contribution in [2.24, 2.45) is 0 Å². The zero-order valence-electron chi connectivity index (χ0n) is 14.2. The lowest BCUT2D eigenvalue weighted by Crippen LogP contribution is -2.03. The Hall–Kier alpha value is -2.49. The van der Waals surface area contributed by atoms with Gasteiger partial charge in [-0.25, -0.2) is 4.98 Å². The van der Waals surface area contributed by atoms with Crippen molar-refractivity contribution in [3.8, 4) is 10.6 Å². The number of para-hydroxylation sites is 1. The molecular formula is C22H16ClNOS. The van der Waals surface area contributed by atoms with Gasteiger partial charge in [0.05, 0.1) is 15.2 Å². The minimum Gasteiger partial charge on any atom is -0.294 e. The number of hydrogen-bond donors (Lipinski definition) is 0. The normalized spacial score (nSPS) is 11.0. The van der Waals surface area contributed by atoms with E-state index in [9.17, 15) is 4.79 Å². The summed E-state index contributed by atoms with van der Waals surface area (Å²) < 4.78 is 1.14. The molecule has 4 heteroatoms. The predicted octanol–water partition coefficient (Wildman–Crippen LogP) is 6.35. The monoisotopic (exact) mass is 377 g/mol. The van der Waals surface area contributed by atoms with E-state index in [0.29, 0.717) is 11.4 Å². The first kappa shape index (κ1) is 17.0. The fourth-order valence-electron chi connectivity index (χ4n) is 2.94. The van der Waals surface area contributed by atoms with Crippen molar-refractivity contribution in [3.63, 3.8) is 0 Å². The van der Waals surface area contributed by atoms with Crippen molar-refractivity contribution >= 4 is 38.9 Å². The topological polar surface area (TPSA) is 30.0 Å². The molecule has 4 aromatic rings. The molecule has 0 N–H and O–H groups in total. The third-order valence-electron chi connectivity index (χ3n) is 4.26. The molecule has 0 aliphatic heterocycles. The van der Waals surface area contributed by atoms with E-state index in [1.54, 1.807) is 11.3 Å². The lowest BCUT2D eigenvalue weighted by Gasteiger charge is -2.06. The molecule has 128 valence electrons. The van der Waals surface area contributed by atoms with Crippen molar-refractivity contribution in [3.05, 3.63) is 88.4 Å². The molecule has 0 spiro atoms. The molecule has 1 heterocycles. The van der Waals surface area contributed by atoms with Crippen LogP contribution in [0.25, 0.3) is 20.8 Å². The second kappa shape index (κ2) is 7.02. The predicted molar refractivity (Wildman–Crippen MR) is 109 cm³/mol. The lowest BCUT2D eigenvalue weighted by molar-refractivity contribution is 0.0993. The summed E-state index contributed by atoms with van der Waals surface area (Å²) in [4.78, 5) is 17.2. The summed E-state index contributed by atoms with van der Waals surface area (Å²) in [5.74, 6) is 0.0949. The Labute approximate surface area is 161 Å². The number of benzene rings is 3. The van der Waals surface area contributed by atoms with Gasteiger partial charge in [0.25, 0.3) is 0 Å². The van der Waals surface area contributed by atoms with Crippen LogP contribution >= 0.6 is 22.9 Å². The molecule has 0 atom stereocenters. The van der Waals surface area contributed by atoms with Crippen molar-refractivity contribution in [1.29, 1.82) is 0 Å². The molecule has 0 radical (unpaired) electrons. The maximum absolute atomic E-state index is 12.5. The van der Waals surface area contributed by atoms with Crippen molar-refractivity contribution < 1.29 is 4.79 Å². The van der Waals surface area contributed by atoms with Crippen molar-refractivity contribution in [1.82, 2.24) is 4.98 Å². The second-order valence-electron chi connectivity index (χ2n) is 6.27. The molecule has 0 saturated carbocycles. The number of aromatic nitrogens is 1. The smallest absolute Gasteiger partial charge is 0.167 e. The van der Waals surface area contributed by atoms with E-state index in [1.807, 2.05) is 67.6 Å². The Morgan fingerprint density at radius 3 is 2.65 bits per heavy atom. The molecule has 2 nitrogen and oxygen atoms in total. The highest BCUT2D eigenvalue weighted by atomic mass is 35.5. The van der Waals surface area contributed by atoms with Gasteiger partial charge in [-0.2, -0.15) is 0 Å². The van der Waals surface area contributed by atoms with Crippen LogP contribution in [0.5, 0.6) is 0 Å². The number of ketones is 1. The van der Waals surface area contributed by atoms with E-state index in [0.717, 1.165) is 37.5 Å². The van der Waals surface area contributed by atoms with Gasteiger partial charge in [0.2, 0.25) is 0 Å². The van der Waals surface area contributed by atoms with Crippen LogP contribution in [0.1, 0.15) is 21.5 Å². The number of rotatable bonds is 4. The largest absolute Gasteiger partial charge is 0.294 e. The highest BCUT2D eigenvalue weighted by molar-refractivity contribution is 7.21. The van der Waals surface area contributed by atoms with Crippen LogP contribution < -0.4 is 0 Å². The highest BCUT2D eigenvalue weighted by Crippen LogP contribution is 2.34. The molecule has 0 amide bonds. The zero-order chi connectivity index (χ0) is 18.1. The average Bonchev–Trinajstić information content (AvgIpc) is 3.05. The fourth-order valence-corrected chi connectivity index (χ4v) is 4.29. The van der Waals surface area contributed by atoms with Crippen LogP contribution in [-0.4, -0.2) is 10.8 Å². The Kier molecular flexibility index (Phi) is 4.58. The maximum Gasteiger partial charge on any atom is 0.167 e. The van der Waals surface area contributed by atoms with Gasteiger partial charge in [0, 0.05) is 17.5 Å². The first-order valence-corrected chi connectivity index (χ1v) is 9.54. The number of aryl methyl sites for hydroxylation is 1. The number of fused-ring (bicyclic) bond motifs is 1. The lowest BCUT2D eigenvalue weighted by atomic mass is 10.0. The number of hydrogen-bond acceptors (Lipinski definition) is 3. The van der Waals surface area contributed by atoms with Crippen LogP contribution in [0.3, 0.4) is 0 Å². The van der Waals surface area contributed by atoms with Gasteiger partial charge in [0.15, 0.2) is 5.78 Å². The number of halogens is 1. The second-order valence-corrected chi connectivity index (χ2v) is 7.71. The molecule has 4 rings (SSSR count). The number of nitrogens with zero attached hydrogens (tertiary/aromatic N) is 1. The zero-order valence-corrected chi connectivity index (χ0v) is 15.8. The highest BCUT2D eigenvalue weighted by Gasteiger charge is 2.12. The summed E-state index contributed by atoms with van der Waals surface area (Å²) in [6.07, 6.45) is 0.337. The first-order chi connectivity index (χ1) is 12.6. The first-order valence-electron chi connectivity index (χ1n) is 8.34. The van der Waals surface area contributed by atoms with E-state index >= 15 is 0 Å². The molecule has 0 aliphatic rings. The van der Waals surface area contributed by atoms with Gasteiger partial charge in [-0.3, -0.25) is 4.79 Å². The van der Waals surface area contributed by atoms with Crippen LogP contribution in [0, 0.1) is 6.92 Å². The summed E-state index contributed by atoms with van der Waals surface area (Å²) in [6, 6.07) is 21.5. The summed E-state index contributed by atoms with van der Waals surface area (Å²) in [6.45, 7) is 1.99. The van der Waals surface area contributed by atoms with Gasteiger partial charge in [-0.15, -0.1) is 11.3 Å². The van der Waals surface area contributed by atoms with Crippen molar-refractivity contribution in [2.45, 2.75) is 13.3 Å². The molecule has 0 fully saturated rings. The van der Waals surface area contributed by atoms with Gasteiger partial charge >= 0.3 is 0 Å².